The monoisotopic (exact) mass is 248 g/mol. The Bertz CT molecular complexity index is 451. The van der Waals surface area contributed by atoms with Gasteiger partial charge in [-0.05, 0) is 17.1 Å². The second-order valence-electron chi connectivity index (χ2n) is 3.27. The number of benzene rings is 1. The fraction of sp³-hybridized carbons (Fsp3) is 0.167. The Balaban J connectivity index is 2.09. The molecule has 0 N–H and O–H groups in total. The lowest BCUT2D eigenvalue weighted by atomic mass is 10.1. The van der Waals surface area contributed by atoms with Gasteiger partial charge in [-0.1, -0.05) is 40.9 Å². The SMILES string of the molecule is C=CCSc1snnc1Cc1ccccc1. The maximum atomic E-state index is 4.18. The molecule has 2 rings (SSSR count). The van der Waals surface area contributed by atoms with Crippen LogP contribution in [0.2, 0.25) is 0 Å². The predicted molar refractivity (Wildman–Crippen MR) is 70.1 cm³/mol. The number of rotatable bonds is 5. The van der Waals surface area contributed by atoms with Gasteiger partial charge in [0, 0.05) is 12.2 Å². The first-order valence-electron chi connectivity index (χ1n) is 4.99. The third kappa shape index (κ3) is 2.93. The molecule has 1 heterocycles. The molecule has 0 atom stereocenters. The number of hydrogen-bond acceptors (Lipinski definition) is 4. The molecule has 1 aromatic heterocycles. The van der Waals surface area contributed by atoms with Gasteiger partial charge in [0.05, 0.1) is 5.69 Å². The molecule has 0 radical (unpaired) electrons. The van der Waals surface area contributed by atoms with Gasteiger partial charge in [0.15, 0.2) is 0 Å². The van der Waals surface area contributed by atoms with Crippen LogP contribution in [-0.4, -0.2) is 15.3 Å². The molecule has 0 aliphatic rings. The van der Waals surface area contributed by atoms with Crippen molar-refractivity contribution in [3.8, 4) is 0 Å². The summed E-state index contributed by atoms with van der Waals surface area (Å²) in [4.78, 5) is 0. The lowest BCUT2D eigenvalue weighted by Crippen LogP contribution is -1.90. The Kier molecular flexibility index (Phi) is 4.13. The zero-order chi connectivity index (χ0) is 11.2. The molecule has 0 bridgehead atoms. The summed E-state index contributed by atoms with van der Waals surface area (Å²) >= 11 is 3.21. The van der Waals surface area contributed by atoms with Crippen molar-refractivity contribution >= 4 is 23.3 Å². The van der Waals surface area contributed by atoms with E-state index in [0.717, 1.165) is 17.9 Å². The van der Waals surface area contributed by atoms with Crippen LogP contribution in [0.3, 0.4) is 0 Å². The van der Waals surface area contributed by atoms with E-state index in [0.29, 0.717) is 0 Å². The van der Waals surface area contributed by atoms with Crippen molar-refractivity contribution in [2.24, 2.45) is 0 Å². The molecule has 82 valence electrons. The minimum absolute atomic E-state index is 0.858. The summed E-state index contributed by atoms with van der Waals surface area (Å²) in [7, 11) is 0. The lowest BCUT2D eigenvalue weighted by molar-refractivity contribution is 0.993. The predicted octanol–water partition coefficient (Wildman–Crippen LogP) is 3.41. The van der Waals surface area contributed by atoms with Crippen molar-refractivity contribution in [3.05, 3.63) is 54.2 Å². The molecule has 0 amide bonds. The van der Waals surface area contributed by atoms with Crippen molar-refractivity contribution in [3.63, 3.8) is 0 Å². The van der Waals surface area contributed by atoms with Crippen molar-refractivity contribution < 1.29 is 0 Å². The first kappa shape index (κ1) is 11.4. The van der Waals surface area contributed by atoms with Crippen molar-refractivity contribution in [1.82, 2.24) is 9.59 Å². The molecule has 4 heteroatoms. The quantitative estimate of drug-likeness (QED) is 0.599. The van der Waals surface area contributed by atoms with Crippen molar-refractivity contribution in [2.75, 3.05) is 5.75 Å². The molecule has 0 saturated heterocycles. The topological polar surface area (TPSA) is 25.8 Å². The summed E-state index contributed by atoms with van der Waals surface area (Å²) in [5.74, 6) is 0.908. The number of aromatic nitrogens is 2. The zero-order valence-electron chi connectivity index (χ0n) is 8.80. The van der Waals surface area contributed by atoms with Crippen molar-refractivity contribution in [2.45, 2.75) is 10.6 Å². The summed E-state index contributed by atoms with van der Waals surface area (Å²) in [5.41, 5.74) is 2.35. The molecule has 0 unspecified atom stereocenters. The molecule has 16 heavy (non-hydrogen) atoms. The minimum atomic E-state index is 0.858. The Labute approximate surface area is 104 Å². The summed E-state index contributed by atoms with van der Waals surface area (Å²) in [6.07, 6.45) is 2.76. The smallest absolute Gasteiger partial charge is 0.105 e. The van der Waals surface area contributed by atoms with Crippen LogP contribution in [0.5, 0.6) is 0 Å². The van der Waals surface area contributed by atoms with Gasteiger partial charge in [0.2, 0.25) is 0 Å². The number of thioether (sulfide) groups is 1. The van der Waals surface area contributed by atoms with E-state index in [1.165, 1.54) is 21.3 Å². The summed E-state index contributed by atoms with van der Waals surface area (Å²) in [6.45, 7) is 3.72. The standard InChI is InChI=1S/C12H12N2S2/c1-2-8-15-12-11(13-14-16-12)9-10-6-4-3-5-7-10/h2-7H,1,8-9H2. The molecule has 2 nitrogen and oxygen atoms in total. The van der Waals surface area contributed by atoms with Crippen LogP contribution in [-0.2, 0) is 6.42 Å². The molecular formula is C12H12N2S2. The van der Waals surface area contributed by atoms with Gasteiger partial charge >= 0.3 is 0 Å². The van der Waals surface area contributed by atoms with Crippen LogP contribution in [0, 0.1) is 0 Å². The third-order valence-electron chi connectivity index (χ3n) is 2.07. The maximum Gasteiger partial charge on any atom is 0.105 e. The van der Waals surface area contributed by atoms with Gasteiger partial charge < -0.3 is 0 Å². The first-order valence-corrected chi connectivity index (χ1v) is 6.75. The molecule has 2 aromatic rings. The fourth-order valence-electron chi connectivity index (χ4n) is 1.34. The summed E-state index contributed by atoms with van der Waals surface area (Å²) in [5, 5.41) is 4.18. The average molecular weight is 248 g/mol. The van der Waals surface area contributed by atoms with E-state index in [-0.39, 0.29) is 0 Å². The van der Waals surface area contributed by atoms with E-state index < -0.39 is 0 Å². The Morgan fingerprint density at radius 3 is 2.88 bits per heavy atom. The molecule has 1 aromatic carbocycles. The first-order chi connectivity index (χ1) is 7.90. The Hall–Kier alpha value is -1.13. The summed E-state index contributed by atoms with van der Waals surface area (Å²) < 4.78 is 5.21. The van der Waals surface area contributed by atoms with E-state index in [4.69, 9.17) is 0 Å². The Morgan fingerprint density at radius 1 is 1.31 bits per heavy atom. The highest BCUT2D eigenvalue weighted by Crippen LogP contribution is 2.26. The summed E-state index contributed by atoms with van der Waals surface area (Å²) in [6, 6.07) is 10.3. The van der Waals surface area contributed by atoms with E-state index in [9.17, 15) is 0 Å². The van der Waals surface area contributed by atoms with Gasteiger partial charge in [-0.15, -0.1) is 23.4 Å². The largest absolute Gasteiger partial charge is 0.142 e. The minimum Gasteiger partial charge on any atom is -0.142 e. The van der Waals surface area contributed by atoms with Gasteiger partial charge in [-0.25, -0.2) is 0 Å². The fourth-order valence-corrected chi connectivity index (χ4v) is 2.84. The van der Waals surface area contributed by atoms with Gasteiger partial charge in [0.1, 0.15) is 4.21 Å². The third-order valence-corrected chi connectivity index (χ3v) is 4.11. The highest BCUT2D eigenvalue weighted by atomic mass is 32.2. The van der Waals surface area contributed by atoms with Gasteiger partial charge in [-0.2, -0.15) is 0 Å². The highest BCUT2D eigenvalue weighted by molar-refractivity contribution is 8.01. The second kappa shape index (κ2) is 5.82. The average Bonchev–Trinajstić information content (AvgIpc) is 2.75. The number of nitrogens with zero attached hydrogens (tertiary/aromatic N) is 2. The van der Waals surface area contributed by atoms with Gasteiger partial charge in [0.25, 0.3) is 0 Å². The maximum absolute atomic E-state index is 4.18. The van der Waals surface area contributed by atoms with Crippen molar-refractivity contribution in [1.29, 1.82) is 0 Å². The highest BCUT2D eigenvalue weighted by Gasteiger charge is 2.08. The lowest BCUT2D eigenvalue weighted by Gasteiger charge is -1.99. The van der Waals surface area contributed by atoms with Crippen LogP contribution in [0.4, 0.5) is 0 Å². The molecule has 0 saturated carbocycles. The van der Waals surface area contributed by atoms with Crippen LogP contribution in [0.15, 0.2) is 47.2 Å². The van der Waals surface area contributed by atoms with Crippen LogP contribution >= 0.6 is 23.3 Å². The van der Waals surface area contributed by atoms with E-state index in [2.05, 4.69) is 28.3 Å². The molecule has 0 spiro atoms. The zero-order valence-corrected chi connectivity index (χ0v) is 10.4. The number of hydrogen-bond donors (Lipinski definition) is 0. The molecule has 0 fully saturated rings. The van der Waals surface area contributed by atoms with Crippen LogP contribution < -0.4 is 0 Å². The molecule has 0 aliphatic heterocycles. The van der Waals surface area contributed by atoms with Gasteiger partial charge in [-0.3, -0.25) is 0 Å². The Morgan fingerprint density at radius 2 is 2.12 bits per heavy atom. The van der Waals surface area contributed by atoms with E-state index >= 15 is 0 Å². The van der Waals surface area contributed by atoms with E-state index in [1.54, 1.807) is 11.8 Å². The van der Waals surface area contributed by atoms with E-state index in [1.807, 2.05) is 24.3 Å². The normalized spacial score (nSPS) is 10.2. The van der Waals surface area contributed by atoms with Crippen LogP contribution in [0.1, 0.15) is 11.3 Å². The van der Waals surface area contributed by atoms with Crippen LogP contribution in [0.25, 0.3) is 0 Å². The molecular weight excluding hydrogens is 236 g/mol. The molecule has 0 aliphatic carbocycles. The second-order valence-corrected chi connectivity index (χ2v) is 5.31.